The fourth-order valence-corrected chi connectivity index (χ4v) is 3.63. The number of rotatable bonds is 2. The Hall–Kier alpha value is -2.83. The number of ether oxygens (including phenoxy) is 1. The predicted octanol–water partition coefficient (Wildman–Crippen LogP) is 2.64. The molecule has 3 heterocycles. The maximum absolute atomic E-state index is 12.9. The summed E-state index contributed by atoms with van der Waals surface area (Å²) in [5, 5.41) is 0. The maximum atomic E-state index is 12.9. The molecule has 1 aromatic carbocycles. The van der Waals surface area contributed by atoms with E-state index in [9.17, 15) is 9.59 Å². The van der Waals surface area contributed by atoms with Crippen LogP contribution in [0, 0.1) is 6.92 Å². The van der Waals surface area contributed by atoms with Gasteiger partial charge in [0, 0.05) is 24.2 Å². The summed E-state index contributed by atoms with van der Waals surface area (Å²) in [5.41, 5.74) is 2.03. The monoisotopic (exact) mass is 369 g/mol. The van der Waals surface area contributed by atoms with Crippen LogP contribution in [-0.4, -0.2) is 52.3 Å². The van der Waals surface area contributed by atoms with Crippen LogP contribution in [0.15, 0.2) is 29.0 Å². The SMILES string of the molecule is Cc1ncoc1C(=O)N1Cc2cc(C(=O)N3CCCC3)ccc2OC[C@@H]1C. The number of carbonyl (C=O) groups is 2. The molecule has 1 aromatic heterocycles. The van der Waals surface area contributed by atoms with Crippen molar-refractivity contribution in [1.29, 1.82) is 0 Å². The zero-order valence-corrected chi connectivity index (χ0v) is 15.6. The zero-order chi connectivity index (χ0) is 19.0. The molecule has 1 atom stereocenters. The van der Waals surface area contributed by atoms with Crippen molar-refractivity contribution in [2.45, 2.75) is 39.3 Å². The Labute approximate surface area is 157 Å². The minimum atomic E-state index is -0.217. The lowest BCUT2D eigenvalue weighted by molar-refractivity contribution is 0.0612. The Morgan fingerprint density at radius 3 is 2.67 bits per heavy atom. The largest absolute Gasteiger partial charge is 0.491 e. The second kappa shape index (κ2) is 7.06. The summed E-state index contributed by atoms with van der Waals surface area (Å²) in [7, 11) is 0. The first kappa shape index (κ1) is 17.6. The lowest BCUT2D eigenvalue weighted by Gasteiger charge is -2.25. The van der Waals surface area contributed by atoms with Crippen LogP contribution < -0.4 is 4.74 Å². The second-order valence-electron chi connectivity index (χ2n) is 7.18. The first-order valence-corrected chi connectivity index (χ1v) is 9.30. The first-order valence-electron chi connectivity index (χ1n) is 9.30. The molecule has 0 N–H and O–H groups in total. The highest BCUT2D eigenvalue weighted by molar-refractivity contribution is 5.95. The fraction of sp³-hybridized carbons (Fsp3) is 0.450. The number of nitrogens with zero attached hydrogens (tertiary/aromatic N) is 3. The molecule has 7 nitrogen and oxygen atoms in total. The van der Waals surface area contributed by atoms with Gasteiger partial charge in [0.15, 0.2) is 6.39 Å². The molecule has 0 spiro atoms. The van der Waals surface area contributed by atoms with Crippen LogP contribution in [0.5, 0.6) is 5.75 Å². The van der Waals surface area contributed by atoms with E-state index in [1.165, 1.54) is 6.39 Å². The summed E-state index contributed by atoms with van der Waals surface area (Å²) in [4.78, 5) is 33.3. The van der Waals surface area contributed by atoms with E-state index in [0.717, 1.165) is 31.5 Å². The summed E-state index contributed by atoms with van der Waals surface area (Å²) in [5.74, 6) is 0.779. The molecule has 2 amide bonds. The summed E-state index contributed by atoms with van der Waals surface area (Å²) in [6.45, 7) is 6.03. The van der Waals surface area contributed by atoms with Gasteiger partial charge in [-0.15, -0.1) is 0 Å². The molecule has 27 heavy (non-hydrogen) atoms. The molecule has 2 aliphatic heterocycles. The highest BCUT2D eigenvalue weighted by Gasteiger charge is 2.30. The Kier molecular flexibility index (Phi) is 4.59. The van der Waals surface area contributed by atoms with Crippen LogP contribution in [0.3, 0.4) is 0 Å². The third-order valence-electron chi connectivity index (χ3n) is 5.25. The van der Waals surface area contributed by atoms with E-state index in [1.54, 1.807) is 11.8 Å². The van der Waals surface area contributed by atoms with Crippen LogP contribution in [0.2, 0.25) is 0 Å². The number of hydrogen-bond donors (Lipinski definition) is 0. The van der Waals surface area contributed by atoms with Gasteiger partial charge in [-0.3, -0.25) is 9.59 Å². The van der Waals surface area contributed by atoms with Gasteiger partial charge in [0.25, 0.3) is 11.8 Å². The Morgan fingerprint density at radius 1 is 1.19 bits per heavy atom. The molecule has 2 aliphatic rings. The van der Waals surface area contributed by atoms with Crippen molar-refractivity contribution in [2.75, 3.05) is 19.7 Å². The first-order chi connectivity index (χ1) is 13.0. The van der Waals surface area contributed by atoms with Crippen molar-refractivity contribution in [3.8, 4) is 5.75 Å². The van der Waals surface area contributed by atoms with Gasteiger partial charge in [-0.1, -0.05) is 0 Å². The Morgan fingerprint density at radius 2 is 1.96 bits per heavy atom. The normalized spacial score (nSPS) is 19.4. The standard InChI is InChI=1S/C20H23N3O4/c1-13-11-26-17-6-5-15(19(24)22-7-3-4-8-22)9-16(17)10-23(13)20(25)18-14(2)21-12-27-18/h5-6,9,12-13H,3-4,7-8,10-11H2,1-2H3/t13-/m0/s1. The van der Waals surface area contributed by atoms with Crippen molar-refractivity contribution in [2.24, 2.45) is 0 Å². The molecule has 1 fully saturated rings. The highest BCUT2D eigenvalue weighted by Crippen LogP contribution is 2.28. The second-order valence-corrected chi connectivity index (χ2v) is 7.18. The summed E-state index contributed by atoms with van der Waals surface area (Å²) in [6.07, 6.45) is 3.38. The van der Waals surface area contributed by atoms with E-state index in [1.807, 2.05) is 30.0 Å². The zero-order valence-electron chi connectivity index (χ0n) is 15.6. The summed E-state index contributed by atoms with van der Waals surface area (Å²) < 4.78 is 11.2. The van der Waals surface area contributed by atoms with E-state index in [4.69, 9.17) is 9.15 Å². The van der Waals surface area contributed by atoms with Gasteiger partial charge < -0.3 is 19.0 Å². The van der Waals surface area contributed by atoms with E-state index in [2.05, 4.69) is 4.98 Å². The molecular formula is C20H23N3O4. The molecule has 0 aliphatic carbocycles. The number of likely N-dealkylation sites (tertiary alicyclic amines) is 1. The molecule has 0 bridgehead atoms. The van der Waals surface area contributed by atoms with Crippen molar-refractivity contribution in [1.82, 2.24) is 14.8 Å². The number of amides is 2. The van der Waals surface area contributed by atoms with E-state index in [-0.39, 0.29) is 23.6 Å². The van der Waals surface area contributed by atoms with Crippen molar-refractivity contribution in [3.63, 3.8) is 0 Å². The average Bonchev–Trinajstić information content (AvgIpc) is 3.32. The molecule has 7 heteroatoms. The van der Waals surface area contributed by atoms with Crippen LogP contribution in [-0.2, 0) is 6.54 Å². The fourth-order valence-electron chi connectivity index (χ4n) is 3.63. The van der Waals surface area contributed by atoms with Gasteiger partial charge in [-0.2, -0.15) is 0 Å². The third kappa shape index (κ3) is 3.29. The molecule has 1 saturated heterocycles. The molecule has 142 valence electrons. The number of oxazole rings is 1. The minimum absolute atomic E-state index is 0.0385. The lowest BCUT2D eigenvalue weighted by atomic mass is 10.1. The average molecular weight is 369 g/mol. The number of benzene rings is 1. The molecule has 0 unspecified atom stereocenters. The summed E-state index contributed by atoms with van der Waals surface area (Å²) in [6, 6.07) is 5.36. The molecule has 0 radical (unpaired) electrons. The highest BCUT2D eigenvalue weighted by atomic mass is 16.5. The van der Waals surface area contributed by atoms with Crippen LogP contribution in [0.4, 0.5) is 0 Å². The van der Waals surface area contributed by atoms with E-state index < -0.39 is 0 Å². The van der Waals surface area contributed by atoms with Gasteiger partial charge in [-0.25, -0.2) is 4.98 Å². The van der Waals surface area contributed by atoms with E-state index in [0.29, 0.717) is 30.2 Å². The quantitative estimate of drug-likeness (QED) is 0.813. The molecular weight excluding hydrogens is 346 g/mol. The molecule has 0 saturated carbocycles. The van der Waals surface area contributed by atoms with Crippen molar-refractivity contribution < 1.29 is 18.7 Å². The van der Waals surface area contributed by atoms with Gasteiger partial charge in [0.2, 0.25) is 5.76 Å². The smallest absolute Gasteiger partial charge is 0.292 e. The molecule has 4 rings (SSSR count). The van der Waals surface area contributed by atoms with Crippen LogP contribution >= 0.6 is 0 Å². The topological polar surface area (TPSA) is 75.9 Å². The number of aryl methyl sites for hydroxylation is 1. The third-order valence-corrected chi connectivity index (χ3v) is 5.25. The van der Waals surface area contributed by atoms with Crippen molar-refractivity contribution >= 4 is 11.8 Å². The number of carbonyl (C=O) groups excluding carboxylic acids is 2. The van der Waals surface area contributed by atoms with E-state index >= 15 is 0 Å². The van der Waals surface area contributed by atoms with Gasteiger partial charge >= 0.3 is 0 Å². The van der Waals surface area contributed by atoms with Gasteiger partial charge in [-0.05, 0) is 44.9 Å². The minimum Gasteiger partial charge on any atom is -0.491 e. The predicted molar refractivity (Wildman–Crippen MR) is 97.7 cm³/mol. The van der Waals surface area contributed by atoms with Crippen molar-refractivity contribution in [3.05, 3.63) is 47.2 Å². The molecule has 2 aromatic rings. The Bertz CT molecular complexity index is 870. The van der Waals surface area contributed by atoms with Gasteiger partial charge in [0.1, 0.15) is 12.4 Å². The van der Waals surface area contributed by atoms with Gasteiger partial charge in [0.05, 0.1) is 18.3 Å². The number of fused-ring (bicyclic) bond motifs is 1. The van der Waals surface area contributed by atoms with Crippen LogP contribution in [0.1, 0.15) is 51.9 Å². The Balaban J connectivity index is 1.62. The lowest BCUT2D eigenvalue weighted by Crippen LogP contribution is -2.40. The summed E-state index contributed by atoms with van der Waals surface area (Å²) >= 11 is 0. The maximum Gasteiger partial charge on any atom is 0.292 e. The number of aromatic nitrogens is 1. The van der Waals surface area contributed by atoms with Crippen LogP contribution in [0.25, 0.3) is 0 Å². The number of hydrogen-bond acceptors (Lipinski definition) is 5.